The third-order valence-electron chi connectivity index (χ3n) is 3.79. The van der Waals surface area contributed by atoms with Crippen LogP contribution in [0, 0.1) is 5.82 Å². The van der Waals surface area contributed by atoms with Crippen molar-refractivity contribution in [2.75, 3.05) is 6.54 Å². The first kappa shape index (κ1) is 16.3. The zero-order valence-corrected chi connectivity index (χ0v) is 13.5. The van der Waals surface area contributed by atoms with Crippen LogP contribution >= 0.6 is 11.3 Å². The smallest absolute Gasteiger partial charge is 0.240 e. The summed E-state index contributed by atoms with van der Waals surface area (Å²) in [6.45, 7) is -0.291. The van der Waals surface area contributed by atoms with Crippen LogP contribution in [0.25, 0.3) is 0 Å². The van der Waals surface area contributed by atoms with Gasteiger partial charge in [0.2, 0.25) is 17.7 Å². The van der Waals surface area contributed by atoms with Gasteiger partial charge in [-0.3, -0.25) is 19.3 Å². The van der Waals surface area contributed by atoms with Crippen LogP contribution < -0.4 is 5.32 Å². The molecule has 2 aromatic rings. The van der Waals surface area contributed by atoms with Crippen LogP contribution in [0.1, 0.15) is 29.3 Å². The molecule has 3 amide bonds. The number of likely N-dealkylation sites (tertiary alicyclic amines) is 1. The van der Waals surface area contributed by atoms with E-state index >= 15 is 0 Å². The highest BCUT2D eigenvalue weighted by Crippen LogP contribution is 2.26. The van der Waals surface area contributed by atoms with E-state index in [1.165, 1.54) is 23.5 Å². The molecule has 1 aliphatic heterocycles. The van der Waals surface area contributed by atoms with Gasteiger partial charge < -0.3 is 5.32 Å². The number of amides is 3. The Bertz CT molecular complexity index is 743. The Morgan fingerprint density at radius 1 is 1.17 bits per heavy atom. The Morgan fingerprint density at radius 2 is 1.83 bits per heavy atom. The maximum atomic E-state index is 13.1. The standard InChI is InChI=1S/C17H15FN2O3S/c18-12-5-3-11(4-6-12)17(13-2-1-9-24-13)19-14(21)10-20-15(22)7-8-16(20)23/h1-6,9,17H,7-8,10H2,(H,19,21)/t17-/m1/s1. The largest absolute Gasteiger partial charge is 0.343 e. The van der Waals surface area contributed by atoms with Crippen molar-refractivity contribution in [3.8, 4) is 0 Å². The summed E-state index contributed by atoms with van der Waals surface area (Å²) in [7, 11) is 0. The highest BCUT2D eigenvalue weighted by molar-refractivity contribution is 7.10. The van der Waals surface area contributed by atoms with Gasteiger partial charge in [-0.1, -0.05) is 18.2 Å². The van der Waals surface area contributed by atoms with E-state index in [9.17, 15) is 18.8 Å². The van der Waals surface area contributed by atoms with Crippen molar-refractivity contribution in [1.29, 1.82) is 0 Å². The lowest BCUT2D eigenvalue weighted by atomic mass is 10.1. The lowest BCUT2D eigenvalue weighted by Crippen LogP contribution is -2.41. The van der Waals surface area contributed by atoms with E-state index in [-0.39, 0.29) is 37.0 Å². The van der Waals surface area contributed by atoms with Gasteiger partial charge >= 0.3 is 0 Å². The topological polar surface area (TPSA) is 66.5 Å². The number of benzene rings is 1. The van der Waals surface area contributed by atoms with Crippen LogP contribution in [-0.4, -0.2) is 29.2 Å². The summed E-state index contributed by atoms with van der Waals surface area (Å²) < 4.78 is 13.1. The number of nitrogens with one attached hydrogen (secondary N) is 1. The van der Waals surface area contributed by atoms with Gasteiger partial charge in [-0.2, -0.15) is 0 Å². The zero-order chi connectivity index (χ0) is 17.1. The summed E-state index contributed by atoms with van der Waals surface area (Å²) in [5.41, 5.74) is 0.728. The van der Waals surface area contributed by atoms with Crippen LogP contribution in [0.3, 0.4) is 0 Å². The van der Waals surface area contributed by atoms with Crippen LogP contribution in [0.4, 0.5) is 4.39 Å². The fourth-order valence-corrected chi connectivity index (χ4v) is 3.38. The normalized spacial score (nSPS) is 15.6. The lowest BCUT2D eigenvalue weighted by Gasteiger charge is -2.20. The minimum Gasteiger partial charge on any atom is -0.343 e. The van der Waals surface area contributed by atoms with Crippen molar-refractivity contribution >= 4 is 29.1 Å². The van der Waals surface area contributed by atoms with Gasteiger partial charge in [0.25, 0.3) is 0 Å². The highest BCUT2D eigenvalue weighted by Gasteiger charge is 2.31. The second-order valence-corrected chi connectivity index (χ2v) is 6.42. The Balaban J connectivity index is 1.77. The van der Waals surface area contributed by atoms with Crippen molar-refractivity contribution in [2.45, 2.75) is 18.9 Å². The van der Waals surface area contributed by atoms with Crippen molar-refractivity contribution < 1.29 is 18.8 Å². The minimum absolute atomic E-state index is 0.151. The molecule has 1 N–H and O–H groups in total. The summed E-state index contributed by atoms with van der Waals surface area (Å²) >= 11 is 1.46. The molecule has 1 aromatic carbocycles. The average molecular weight is 346 g/mol. The Hall–Kier alpha value is -2.54. The van der Waals surface area contributed by atoms with Crippen LogP contribution in [0.2, 0.25) is 0 Å². The maximum Gasteiger partial charge on any atom is 0.240 e. The number of rotatable bonds is 5. The average Bonchev–Trinajstić information content (AvgIpc) is 3.19. The predicted octanol–water partition coefficient (Wildman–Crippen LogP) is 2.24. The molecule has 124 valence electrons. The molecule has 0 bridgehead atoms. The van der Waals surface area contributed by atoms with E-state index < -0.39 is 11.9 Å². The summed E-state index contributed by atoms with van der Waals surface area (Å²) in [5, 5.41) is 4.71. The molecule has 0 unspecified atom stereocenters. The number of imide groups is 1. The van der Waals surface area contributed by atoms with Crippen LogP contribution in [0.5, 0.6) is 0 Å². The molecule has 3 rings (SSSR count). The molecule has 1 saturated heterocycles. The molecule has 1 atom stereocenters. The minimum atomic E-state index is -0.453. The molecule has 1 aliphatic rings. The molecule has 0 radical (unpaired) electrons. The first-order valence-corrected chi connectivity index (χ1v) is 8.34. The lowest BCUT2D eigenvalue weighted by molar-refractivity contribution is -0.142. The Morgan fingerprint density at radius 3 is 2.42 bits per heavy atom. The zero-order valence-electron chi connectivity index (χ0n) is 12.7. The monoisotopic (exact) mass is 346 g/mol. The first-order valence-electron chi connectivity index (χ1n) is 7.46. The molecule has 1 fully saturated rings. The molecule has 0 aliphatic carbocycles. The molecule has 24 heavy (non-hydrogen) atoms. The fraction of sp³-hybridized carbons (Fsp3) is 0.235. The number of hydrogen-bond acceptors (Lipinski definition) is 4. The van der Waals surface area contributed by atoms with Crippen molar-refractivity contribution in [3.63, 3.8) is 0 Å². The number of carbonyl (C=O) groups excluding carboxylic acids is 3. The molecule has 0 saturated carbocycles. The number of carbonyl (C=O) groups is 3. The molecule has 0 spiro atoms. The molecule has 5 nitrogen and oxygen atoms in total. The fourth-order valence-electron chi connectivity index (χ4n) is 2.58. The Labute approximate surface area is 142 Å². The van der Waals surface area contributed by atoms with E-state index in [2.05, 4.69) is 5.32 Å². The molecule has 2 heterocycles. The number of halogens is 1. The molecular formula is C17H15FN2O3S. The van der Waals surface area contributed by atoms with Gasteiger partial charge in [0.1, 0.15) is 12.4 Å². The Kier molecular flexibility index (Phi) is 4.71. The predicted molar refractivity (Wildman–Crippen MR) is 86.7 cm³/mol. The first-order chi connectivity index (χ1) is 11.5. The van der Waals surface area contributed by atoms with E-state index in [1.807, 2.05) is 17.5 Å². The van der Waals surface area contributed by atoms with E-state index in [0.29, 0.717) is 0 Å². The van der Waals surface area contributed by atoms with Gasteiger partial charge in [-0.25, -0.2) is 4.39 Å². The molecule has 7 heteroatoms. The number of hydrogen-bond donors (Lipinski definition) is 1. The van der Waals surface area contributed by atoms with Gasteiger partial charge in [-0.05, 0) is 29.1 Å². The van der Waals surface area contributed by atoms with Crippen molar-refractivity contribution in [1.82, 2.24) is 10.2 Å². The van der Waals surface area contributed by atoms with Gasteiger partial charge in [0.05, 0.1) is 6.04 Å². The highest BCUT2D eigenvalue weighted by atomic mass is 32.1. The second kappa shape index (κ2) is 6.92. The third kappa shape index (κ3) is 3.51. The van der Waals surface area contributed by atoms with Crippen molar-refractivity contribution in [2.24, 2.45) is 0 Å². The SMILES string of the molecule is O=C(CN1C(=O)CCC1=O)N[C@H](c1ccc(F)cc1)c1cccs1. The van der Waals surface area contributed by atoms with E-state index in [1.54, 1.807) is 12.1 Å². The maximum absolute atomic E-state index is 13.1. The number of nitrogens with zero attached hydrogens (tertiary/aromatic N) is 1. The van der Waals surface area contributed by atoms with Gasteiger partial charge in [0, 0.05) is 17.7 Å². The van der Waals surface area contributed by atoms with Crippen LogP contribution in [-0.2, 0) is 14.4 Å². The van der Waals surface area contributed by atoms with Gasteiger partial charge in [-0.15, -0.1) is 11.3 Å². The molecular weight excluding hydrogens is 331 g/mol. The summed E-state index contributed by atoms with van der Waals surface area (Å²) in [5.74, 6) is -1.45. The molecule has 1 aromatic heterocycles. The second-order valence-electron chi connectivity index (χ2n) is 5.44. The summed E-state index contributed by atoms with van der Waals surface area (Å²) in [6, 6.07) is 9.14. The third-order valence-corrected chi connectivity index (χ3v) is 4.73. The number of thiophene rings is 1. The van der Waals surface area contributed by atoms with E-state index in [0.717, 1.165) is 15.3 Å². The van der Waals surface area contributed by atoms with Gasteiger partial charge in [0.15, 0.2) is 0 Å². The summed E-state index contributed by atoms with van der Waals surface area (Å²) in [6.07, 6.45) is 0.302. The van der Waals surface area contributed by atoms with Crippen LogP contribution in [0.15, 0.2) is 41.8 Å². The summed E-state index contributed by atoms with van der Waals surface area (Å²) in [4.78, 5) is 37.4. The van der Waals surface area contributed by atoms with Crippen molar-refractivity contribution in [3.05, 3.63) is 58.0 Å². The quantitative estimate of drug-likeness (QED) is 0.845. The van der Waals surface area contributed by atoms with E-state index in [4.69, 9.17) is 0 Å².